The second-order valence-electron chi connectivity index (χ2n) is 6.93. The monoisotopic (exact) mass is 371 g/mol. The van der Waals surface area contributed by atoms with Gasteiger partial charge < -0.3 is 15.0 Å². The number of nitrogens with one attached hydrogen (secondary N) is 1. The van der Waals surface area contributed by atoms with Crippen LogP contribution in [-0.4, -0.2) is 48.4 Å². The van der Waals surface area contributed by atoms with Gasteiger partial charge in [-0.25, -0.2) is 9.59 Å². The molecule has 0 radical (unpaired) electrons. The van der Waals surface area contributed by atoms with Gasteiger partial charge in [-0.1, -0.05) is 6.07 Å². The molecule has 9 heteroatoms. The molecule has 26 heavy (non-hydrogen) atoms. The molecule has 1 aromatic carbocycles. The van der Waals surface area contributed by atoms with Crippen LogP contribution in [0.4, 0.5) is 34.1 Å². The molecule has 0 unspecified atom stereocenters. The summed E-state index contributed by atoms with van der Waals surface area (Å²) in [4.78, 5) is 26.8. The van der Waals surface area contributed by atoms with E-state index in [1.54, 1.807) is 24.3 Å². The number of hydrogen-bond donors (Lipinski definition) is 1. The highest BCUT2D eigenvalue weighted by molar-refractivity contribution is 5.93. The third-order valence-corrected chi connectivity index (χ3v) is 5.00. The molecule has 2 aliphatic heterocycles. The summed E-state index contributed by atoms with van der Waals surface area (Å²) >= 11 is 0. The molecular weight excluding hydrogens is 351 g/mol. The fraction of sp³-hybridized carbons (Fsp3) is 0.529. The van der Waals surface area contributed by atoms with E-state index in [0.29, 0.717) is 17.9 Å². The van der Waals surface area contributed by atoms with Crippen molar-refractivity contribution in [2.75, 3.05) is 29.9 Å². The van der Waals surface area contributed by atoms with Gasteiger partial charge in [0.25, 0.3) is 0 Å². The predicted molar refractivity (Wildman–Crippen MR) is 89.1 cm³/mol. The third-order valence-electron chi connectivity index (χ3n) is 5.00. The van der Waals surface area contributed by atoms with Gasteiger partial charge in [0.2, 0.25) is 0 Å². The van der Waals surface area contributed by atoms with Crippen LogP contribution in [-0.2, 0) is 4.74 Å². The lowest BCUT2D eigenvalue weighted by atomic mass is 9.88. The van der Waals surface area contributed by atoms with Gasteiger partial charge in [0.1, 0.15) is 6.61 Å². The molecule has 0 bridgehead atoms. The Kier molecular flexibility index (Phi) is 4.49. The van der Waals surface area contributed by atoms with Gasteiger partial charge in [0, 0.05) is 17.9 Å². The smallest absolute Gasteiger partial charge is 0.414 e. The van der Waals surface area contributed by atoms with Crippen LogP contribution in [0, 0.1) is 5.92 Å². The van der Waals surface area contributed by atoms with Gasteiger partial charge in [-0.2, -0.15) is 13.2 Å². The largest absolute Gasteiger partial charge is 0.447 e. The Balaban J connectivity index is 1.74. The van der Waals surface area contributed by atoms with Crippen LogP contribution in [0.1, 0.15) is 20.3 Å². The van der Waals surface area contributed by atoms with Crippen LogP contribution < -0.4 is 10.2 Å². The number of anilines is 2. The first-order valence-electron chi connectivity index (χ1n) is 8.30. The standard InChI is InChI=1S/C17H20F3N3O3/c1-16(2)13(17(18,19)20)6-7-23(16)14(24)21-11-4-3-5-12(10-11)22-8-9-26-15(22)25/h3-5,10,13H,6-9H2,1-2H3,(H,21,24)/t13-/m0/s1. The van der Waals surface area contributed by atoms with Crippen molar-refractivity contribution < 1.29 is 27.5 Å². The molecule has 1 N–H and O–H groups in total. The number of nitrogens with zero attached hydrogens (tertiary/aromatic N) is 2. The first-order valence-corrected chi connectivity index (χ1v) is 8.30. The van der Waals surface area contributed by atoms with Crippen molar-refractivity contribution in [3.05, 3.63) is 24.3 Å². The number of ether oxygens (including phenoxy) is 1. The lowest BCUT2D eigenvalue weighted by Gasteiger charge is -2.36. The molecule has 1 aromatic rings. The normalized spacial score (nSPS) is 22.5. The molecule has 2 fully saturated rings. The van der Waals surface area contributed by atoms with Gasteiger partial charge in [-0.15, -0.1) is 0 Å². The number of carbonyl (C=O) groups is 2. The Morgan fingerprint density at radius 2 is 2.04 bits per heavy atom. The van der Waals surface area contributed by atoms with E-state index in [1.807, 2.05) is 0 Å². The van der Waals surface area contributed by atoms with Crippen molar-refractivity contribution in [3.8, 4) is 0 Å². The minimum Gasteiger partial charge on any atom is -0.447 e. The maximum absolute atomic E-state index is 13.2. The zero-order valence-electron chi connectivity index (χ0n) is 14.5. The topological polar surface area (TPSA) is 61.9 Å². The van der Waals surface area contributed by atoms with Crippen LogP contribution in [0.5, 0.6) is 0 Å². The summed E-state index contributed by atoms with van der Waals surface area (Å²) in [5, 5.41) is 2.63. The number of halogens is 3. The summed E-state index contributed by atoms with van der Waals surface area (Å²) in [5.41, 5.74) is -0.379. The number of carbonyl (C=O) groups excluding carboxylic acids is 2. The molecule has 0 spiro atoms. The van der Waals surface area contributed by atoms with E-state index >= 15 is 0 Å². The summed E-state index contributed by atoms with van der Waals surface area (Å²) in [7, 11) is 0. The molecular formula is C17H20F3N3O3. The number of alkyl halides is 3. The number of benzene rings is 1. The van der Waals surface area contributed by atoms with E-state index in [-0.39, 0.29) is 19.6 Å². The Labute approximate surface area is 148 Å². The van der Waals surface area contributed by atoms with Crippen LogP contribution >= 0.6 is 0 Å². The van der Waals surface area contributed by atoms with Gasteiger partial charge in [-0.3, -0.25) is 4.90 Å². The number of cyclic esters (lactones) is 1. The van der Waals surface area contributed by atoms with Crippen molar-refractivity contribution in [2.24, 2.45) is 5.92 Å². The highest BCUT2D eigenvalue weighted by Crippen LogP contribution is 2.44. The lowest BCUT2D eigenvalue weighted by Crippen LogP contribution is -2.51. The van der Waals surface area contributed by atoms with E-state index in [4.69, 9.17) is 4.74 Å². The highest BCUT2D eigenvalue weighted by Gasteiger charge is 2.56. The van der Waals surface area contributed by atoms with E-state index in [9.17, 15) is 22.8 Å². The minimum absolute atomic E-state index is 0.0289. The van der Waals surface area contributed by atoms with Crippen LogP contribution in [0.15, 0.2) is 24.3 Å². The van der Waals surface area contributed by atoms with Crippen LogP contribution in [0.25, 0.3) is 0 Å². The fourth-order valence-electron chi connectivity index (χ4n) is 3.59. The Morgan fingerprint density at radius 1 is 1.31 bits per heavy atom. The SMILES string of the molecule is CC1(C)[C@@H](C(F)(F)F)CCN1C(=O)Nc1cccc(N2CCOC2=O)c1. The molecule has 0 aliphatic carbocycles. The average molecular weight is 371 g/mol. The first-order chi connectivity index (χ1) is 12.1. The predicted octanol–water partition coefficient (Wildman–Crippen LogP) is 3.84. The maximum Gasteiger partial charge on any atom is 0.414 e. The van der Waals surface area contributed by atoms with Crippen molar-refractivity contribution >= 4 is 23.5 Å². The molecule has 2 saturated heterocycles. The highest BCUT2D eigenvalue weighted by atomic mass is 19.4. The van der Waals surface area contributed by atoms with E-state index < -0.39 is 29.8 Å². The van der Waals surface area contributed by atoms with E-state index in [1.165, 1.54) is 23.6 Å². The molecule has 0 aromatic heterocycles. The van der Waals surface area contributed by atoms with Gasteiger partial charge in [-0.05, 0) is 38.5 Å². The first kappa shape index (κ1) is 18.3. The van der Waals surface area contributed by atoms with Gasteiger partial charge >= 0.3 is 18.3 Å². The molecule has 2 heterocycles. The Bertz CT molecular complexity index is 721. The second-order valence-corrected chi connectivity index (χ2v) is 6.93. The summed E-state index contributed by atoms with van der Waals surface area (Å²) in [6.07, 6.45) is -4.94. The van der Waals surface area contributed by atoms with Crippen LogP contribution in [0.2, 0.25) is 0 Å². The lowest BCUT2D eigenvalue weighted by molar-refractivity contribution is -0.189. The Hall–Kier alpha value is -2.45. The van der Waals surface area contributed by atoms with Crippen LogP contribution in [0.3, 0.4) is 0 Å². The van der Waals surface area contributed by atoms with E-state index in [2.05, 4.69) is 5.32 Å². The zero-order chi connectivity index (χ0) is 19.1. The molecule has 3 amide bonds. The molecule has 1 atom stereocenters. The van der Waals surface area contributed by atoms with E-state index in [0.717, 1.165) is 0 Å². The molecule has 2 aliphatic rings. The number of hydrogen-bond acceptors (Lipinski definition) is 3. The van der Waals surface area contributed by atoms with Gasteiger partial charge in [0.15, 0.2) is 0 Å². The summed E-state index contributed by atoms with van der Waals surface area (Å²) in [6.45, 7) is 3.57. The summed E-state index contributed by atoms with van der Waals surface area (Å²) in [6, 6.07) is 5.97. The van der Waals surface area contributed by atoms with Crippen molar-refractivity contribution in [2.45, 2.75) is 32.0 Å². The van der Waals surface area contributed by atoms with Crippen molar-refractivity contribution in [1.29, 1.82) is 0 Å². The number of amides is 3. The number of likely N-dealkylation sites (tertiary alicyclic amines) is 1. The molecule has 3 rings (SSSR count). The second kappa shape index (κ2) is 6.37. The average Bonchev–Trinajstić information content (AvgIpc) is 3.09. The van der Waals surface area contributed by atoms with Crippen molar-refractivity contribution in [1.82, 2.24) is 4.90 Å². The summed E-state index contributed by atoms with van der Waals surface area (Å²) in [5.74, 6) is -1.56. The quantitative estimate of drug-likeness (QED) is 0.859. The maximum atomic E-state index is 13.2. The third kappa shape index (κ3) is 3.30. The minimum atomic E-state index is -4.35. The molecule has 142 valence electrons. The molecule has 0 saturated carbocycles. The van der Waals surface area contributed by atoms with Gasteiger partial charge in [0.05, 0.1) is 18.0 Å². The zero-order valence-corrected chi connectivity index (χ0v) is 14.5. The Morgan fingerprint density at radius 3 is 2.62 bits per heavy atom. The summed E-state index contributed by atoms with van der Waals surface area (Å²) < 4.78 is 44.4. The number of urea groups is 1. The fourth-order valence-corrected chi connectivity index (χ4v) is 3.59. The van der Waals surface area contributed by atoms with Crippen molar-refractivity contribution in [3.63, 3.8) is 0 Å². The number of rotatable bonds is 2. The molecule has 6 nitrogen and oxygen atoms in total.